The Morgan fingerprint density at radius 2 is 2.13 bits per heavy atom. The molecule has 1 atom stereocenters. The van der Waals surface area contributed by atoms with Crippen molar-refractivity contribution in [3.05, 3.63) is 12.7 Å². The standard InChI is InChI=1S/C12H25NOS/c1-4-5-6-7-8-9-13-10-12(2,14)11-15-3/h4,13-14H,1,5-11H2,2-3H3. The van der Waals surface area contributed by atoms with Crippen molar-refractivity contribution >= 4 is 11.8 Å². The maximum Gasteiger partial charge on any atom is 0.0833 e. The van der Waals surface area contributed by atoms with Crippen LogP contribution in [-0.2, 0) is 0 Å². The van der Waals surface area contributed by atoms with Gasteiger partial charge in [-0.2, -0.15) is 11.8 Å². The number of thioether (sulfide) groups is 1. The molecule has 3 heteroatoms. The van der Waals surface area contributed by atoms with E-state index in [-0.39, 0.29) is 0 Å². The second-order valence-electron chi connectivity index (χ2n) is 4.24. The molecule has 0 aliphatic heterocycles. The largest absolute Gasteiger partial charge is 0.388 e. The van der Waals surface area contributed by atoms with Crippen LogP contribution in [0, 0.1) is 0 Å². The topological polar surface area (TPSA) is 32.3 Å². The smallest absolute Gasteiger partial charge is 0.0833 e. The summed E-state index contributed by atoms with van der Waals surface area (Å²) in [6, 6.07) is 0. The minimum Gasteiger partial charge on any atom is -0.388 e. The highest BCUT2D eigenvalue weighted by atomic mass is 32.2. The maximum absolute atomic E-state index is 9.86. The van der Waals surface area contributed by atoms with E-state index in [4.69, 9.17) is 0 Å². The van der Waals surface area contributed by atoms with Gasteiger partial charge in [0.05, 0.1) is 5.60 Å². The molecule has 1 unspecified atom stereocenters. The van der Waals surface area contributed by atoms with E-state index in [0.717, 1.165) is 18.7 Å². The lowest BCUT2D eigenvalue weighted by molar-refractivity contribution is 0.0850. The van der Waals surface area contributed by atoms with Crippen LogP contribution in [0.15, 0.2) is 12.7 Å². The Hall–Kier alpha value is 0.0100. The van der Waals surface area contributed by atoms with Gasteiger partial charge in [0.15, 0.2) is 0 Å². The molecule has 0 saturated heterocycles. The third-order valence-corrected chi connectivity index (χ3v) is 3.13. The van der Waals surface area contributed by atoms with Crippen molar-refractivity contribution in [1.29, 1.82) is 0 Å². The highest BCUT2D eigenvalue weighted by Gasteiger charge is 2.18. The first-order valence-corrected chi connectivity index (χ1v) is 7.05. The SMILES string of the molecule is C=CCCCCCNCC(C)(O)CSC. The molecule has 0 spiro atoms. The van der Waals surface area contributed by atoms with Gasteiger partial charge < -0.3 is 10.4 Å². The average molecular weight is 231 g/mol. The number of hydrogen-bond donors (Lipinski definition) is 2. The van der Waals surface area contributed by atoms with E-state index in [1.807, 2.05) is 19.3 Å². The van der Waals surface area contributed by atoms with Gasteiger partial charge >= 0.3 is 0 Å². The van der Waals surface area contributed by atoms with Gasteiger partial charge in [-0.3, -0.25) is 0 Å². The predicted molar refractivity (Wildman–Crippen MR) is 70.5 cm³/mol. The molecule has 2 nitrogen and oxygen atoms in total. The third-order valence-electron chi connectivity index (χ3n) is 2.22. The summed E-state index contributed by atoms with van der Waals surface area (Å²) in [4.78, 5) is 0. The van der Waals surface area contributed by atoms with E-state index >= 15 is 0 Å². The molecular formula is C12H25NOS. The number of unbranched alkanes of at least 4 members (excludes halogenated alkanes) is 3. The summed E-state index contributed by atoms with van der Waals surface area (Å²) < 4.78 is 0. The molecule has 0 fully saturated rings. The summed E-state index contributed by atoms with van der Waals surface area (Å²) >= 11 is 1.68. The highest BCUT2D eigenvalue weighted by molar-refractivity contribution is 7.98. The molecule has 2 N–H and O–H groups in total. The van der Waals surface area contributed by atoms with Crippen molar-refractivity contribution in [2.45, 2.75) is 38.2 Å². The molecule has 0 aromatic rings. The summed E-state index contributed by atoms with van der Waals surface area (Å²) in [6.07, 6.45) is 8.75. The molecule has 0 amide bonds. The van der Waals surface area contributed by atoms with Gasteiger partial charge in [0.1, 0.15) is 0 Å². The minimum atomic E-state index is -0.569. The lowest BCUT2D eigenvalue weighted by atomic mass is 10.1. The summed E-state index contributed by atoms with van der Waals surface area (Å²) in [5, 5.41) is 13.2. The number of rotatable bonds is 10. The zero-order chi connectivity index (χ0) is 11.6. The van der Waals surface area contributed by atoms with E-state index in [0.29, 0.717) is 6.54 Å². The van der Waals surface area contributed by atoms with Gasteiger partial charge in [-0.1, -0.05) is 12.5 Å². The molecule has 90 valence electrons. The van der Waals surface area contributed by atoms with Crippen LogP contribution in [-0.4, -0.2) is 35.8 Å². The molecule has 0 rings (SSSR count). The first-order chi connectivity index (χ1) is 7.12. The Labute approximate surface area is 98.5 Å². The van der Waals surface area contributed by atoms with Crippen LogP contribution in [0.4, 0.5) is 0 Å². The van der Waals surface area contributed by atoms with Crippen LogP contribution < -0.4 is 5.32 Å². The van der Waals surface area contributed by atoms with Gasteiger partial charge in [0.2, 0.25) is 0 Å². The normalized spacial score (nSPS) is 14.9. The third kappa shape index (κ3) is 10.3. The molecule has 0 radical (unpaired) electrons. The maximum atomic E-state index is 9.86. The molecule has 15 heavy (non-hydrogen) atoms. The molecule has 0 heterocycles. The van der Waals surface area contributed by atoms with Crippen molar-refractivity contribution in [1.82, 2.24) is 5.32 Å². The lowest BCUT2D eigenvalue weighted by Gasteiger charge is -2.22. The Morgan fingerprint density at radius 1 is 1.40 bits per heavy atom. The monoisotopic (exact) mass is 231 g/mol. The van der Waals surface area contributed by atoms with Crippen molar-refractivity contribution in [3.8, 4) is 0 Å². The number of nitrogens with one attached hydrogen (secondary N) is 1. The van der Waals surface area contributed by atoms with Crippen molar-refractivity contribution < 1.29 is 5.11 Å². The highest BCUT2D eigenvalue weighted by Crippen LogP contribution is 2.09. The molecule has 0 aromatic heterocycles. The minimum absolute atomic E-state index is 0.569. The molecule has 0 aliphatic rings. The second kappa shape index (κ2) is 9.25. The molecule has 0 saturated carbocycles. The summed E-state index contributed by atoms with van der Waals surface area (Å²) in [6.45, 7) is 7.27. The molecule has 0 bridgehead atoms. The Kier molecular flexibility index (Phi) is 9.26. The van der Waals surface area contributed by atoms with E-state index < -0.39 is 5.60 Å². The van der Waals surface area contributed by atoms with Crippen LogP contribution in [0.5, 0.6) is 0 Å². The molecule has 0 aromatic carbocycles. The Bertz CT molecular complexity index is 160. The van der Waals surface area contributed by atoms with Gasteiger partial charge in [-0.25, -0.2) is 0 Å². The average Bonchev–Trinajstić information content (AvgIpc) is 2.16. The first-order valence-electron chi connectivity index (χ1n) is 5.65. The second-order valence-corrected chi connectivity index (χ2v) is 5.11. The van der Waals surface area contributed by atoms with Crippen LogP contribution in [0.1, 0.15) is 32.6 Å². The number of allylic oxidation sites excluding steroid dienone is 1. The van der Waals surface area contributed by atoms with Crippen LogP contribution in [0.3, 0.4) is 0 Å². The predicted octanol–water partition coefficient (Wildman–Crippen LogP) is 2.44. The van der Waals surface area contributed by atoms with Crippen LogP contribution >= 0.6 is 11.8 Å². The van der Waals surface area contributed by atoms with Gasteiger partial charge in [-0.15, -0.1) is 6.58 Å². The van der Waals surface area contributed by atoms with Gasteiger partial charge in [-0.05, 0) is 39.0 Å². The van der Waals surface area contributed by atoms with Crippen LogP contribution in [0.2, 0.25) is 0 Å². The Balaban J connectivity index is 3.26. The van der Waals surface area contributed by atoms with Crippen molar-refractivity contribution in [2.24, 2.45) is 0 Å². The lowest BCUT2D eigenvalue weighted by Crippen LogP contribution is -2.40. The zero-order valence-electron chi connectivity index (χ0n) is 10.1. The van der Waals surface area contributed by atoms with E-state index in [9.17, 15) is 5.11 Å². The first kappa shape index (κ1) is 15.0. The van der Waals surface area contributed by atoms with Gasteiger partial charge in [0.25, 0.3) is 0 Å². The zero-order valence-corrected chi connectivity index (χ0v) is 10.9. The number of hydrogen-bond acceptors (Lipinski definition) is 3. The molecule has 0 aliphatic carbocycles. The quantitative estimate of drug-likeness (QED) is 0.447. The fourth-order valence-electron chi connectivity index (χ4n) is 1.44. The number of aliphatic hydroxyl groups is 1. The van der Waals surface area contributed by atoms with E-state index in [1.165, 1.54) is 19.3 Å². The van der Waals surface area contributed by atoms with Crippen molar-refractivity contribution in [2.75, 3.05) is 25.1 Å². The van der Waals surface area contributed by atoms with E-state index in [1.54, 1.807) is 11.8 Å². The Morgan fingerprint density at radius 3 is 2.73 bits per heavy atom. The van der Waals surface area contributed by atoms with Gasteiger partial charge in [0, 0.05) is 12.3 Å². The summed E-state index contributed by atoms with van der Waals surface area (Å²) in [5.41, 5.74) is -0.569. The fourth-order valence-corrected chi connectivity index (χ4v) is 2.16. The summed E-state index contributed by atoms with van der Waals surface area (Å²) in [5.74, 6) is 0.788. The summed E-state index contributed by atoms with van der Waals surface area (Å²) in [7, 11) is 0. The molecular weight excluding hydrogens is 206 g/mol. The fraction of sp³-hybridized carbons (Fsp3) is 0.833. The van der Waals surface area contributed by atoms with Crippen LogP contribution in [0.25, 0.3) is 0 Å². The van der Waals surface area contributed by atoms with E-state index in [2.05, 4.69) is 11.9 Å². The van der Waals surface area contributed by atoms with Crippen molar-refractivity contribution in [3.63, 3.8) is 0 Å².